The lowest BCUT2D eigenvalue weighted by atomic mass is 10.1. The zero-order valence-electron chi connectivity index (χ0n) is 17.3. The number of rotatable bonds is 6. The molecule has 0 fully saturated rings. The fraction of sp³-hybridized carbons (Fsp3) is 0.182. The number of amides is 1. The van der Waals surface area contributed by atoms with Gasteiger partial charge in [0.05, 0.1) is 27.4 Å². The predicted octanol–water partition coefficient (Wildman–Crippen LogP) is 4.62. The first kappa shape index (κ1) is 22.0. The van der Waals surface area contributed by atoms with Crippen LogP contribution in [0, 0.1) is 5.82 Å². The Labute approximate surface area is 193 Å². The van der Waals surface area contributed by atoms with Crippen LogP contribution >= 0.6 is 23.4 Å². The maximum atomic E-state index is 13.3. The number of aromatic nitrogens is 2. The number of carbonyl (C=O) groups is 1. The summed E-state index contributed by atoms with van der Waals surface area (Å²) in [6, 6.07) is 10.1. The minimum Gasteiger partial charge on any atom is -0.477 e. The molecule has 1 aliphatic rings. The van der Waals surface area contributed by atoms with E-state index in [1.54, 1.807) is 19.2 Å². The van der Waals surface area contributed by atoms with Gasteiger partial charge < -0.3 is 15.4 Å². The highest BCUT2D eigenvalue weighted by Gasteiger charge is 2.22. The van der Waals surface area contributed by atoms with E-state index in [2.05, 4.69) is 25.6 Å². The van der Waals surface area contributed by atoms with E-state index in [0.29, 0.717) is 35.1 Å². The number of carbonyl (C=O) groups excluding carboxylic acids is 1. The van der Waals surface area contributed by atoms with Gasteiger partial charge >= 0.3 is 0 Å². The molecule has 2 heterocycles. The second-order valence-corrected chi connectivity index (χ2v) is 8.18. The van der Waals surface area contributed by atoms with Crippen molar-refractivity contribution in [1.82, 2.24) is 15.3 Å². The van der Waals surface area contributed by atoms with Gasteiger partial charge in [0.1, 0.15) is 5.82 Å². The summed E-state index contributed by atoms with van der Waals surface area (Å²) in [5.41, 5.74) is 2.32. The molecule has 0 aliphatic carbocycles. The van der Waals surface area contributed by atoms with Crippen LogP contribution in [0.5, 0.6) is 5.88 Å². The number of halogens is 2. The van der Waals surface area contributed by atoms with Crippen LogP contribution in [0.2, 0.25) is 5.02 Å². The Morgan fingerprint density at radius 3 is 2.81 bits per heavy atom. The zero-order valence-corrected chi connectivity index (χ0v) is 18.9. The average molecular weight is 472 g/mol. The van der Waals surface area contributed by atoms with Gasteiger partial charge in [-0.25, -0.2) is 9.37 Å². The maximum Gasteiger partial charge on any atom is 0.286 e. The highest BCUT2D eigenvalue weighted by Crippen LogP contribution is 2.30. The summed E-state index contributed by atoms with van der Waals surface area (Å²) in [4.78, 5) is 25.7. The van der Waals surface area contributed by atoms with Crippen LogP contribution in [0.3, 0.4) is 0 Å². The van der Waals surface area contributed by atoms with Gasteiger partial charge in [-0.15, -0.1) is 0 Å². The molecule has 0 unspecified atom stereocenters. The van der Waals surface area contributed by atoms with Gasteiger partial charge in [0, 0.05) is 13.6 Å². The van der Waals surface area contributed by atoms with E-state index in [1.165, 1.54) is 23.9 Å². The van der Waals surface area contributed by atoms with Crippen LogP contribution in [0.15, 0.2) is 46.3 Å². The molecule has 32 heavy (non-hydrogen) atoms. The lowest BCUT2D eigenvalue weighted by Gasteiger charge is -2.09. The van der Waals surface area contributed by atoms with E-state index < -0.39 is 5.82 Å². The number of amidine groups is 1. The van der Waals surface area contributed by atoms with Crippen LogP contribution in [0.1, 0.15) is 18.1 Å². The molecule has 0 saturated carbocycles. The predicted molar refractivity (Wildman–Crippen MR) is 127 cm³/mol. The molecule has 2 aromatic carbocycles. The van der Waals surface area contributed by atoms with Crippen LogP contribution in [-0.2, 0) is 11.3 Å². The highest BCUT2D eigenvalue weighted by atomic mass is 35.5. The van der Waals surface area contributed by atoms with E-state index in [-0.39, 0.29) is 10.9 Å². The van der Waals surface area contributed by atoms with E-state index in [4.69, 9.17) is 16.3 Å². The minimum absolute atomic E-state index is 0.0514. The van der Waals surface area contributed by atoms with Gasteiger partial charge in [-0.05, 0) is 60.2 Å². The lowest BCUT2D eigenvalue weighted by Crippen LogP contribution is -2.18. The summed E-state index contributed by atoms with van der Waals surface area (Å²) in [6.07, 6.45) is 1.76. The topological polar surface area (TPSA) is 88.5 Å². The Morgan fingerprint density at radius 2 is 2.06 bits per heavy atom. The molecule has 0 spiro atoms. The summed E-state index contributed by atoms with van der Waals surface area (Å²) in [5, 5.41) is 7.28. The minimum atomic E-state index is -0.473. The van der Waals surface area contributed by atoms with Crippen molar-refractivity contribution in [3.05, 3.63) is 63.3 Å². The standard InChI is InChI=1S/C22H19ClFN5O2S/c1-3-31-20-14-8-12(5-7-17(14)27-21(25-2)29-20)10-18-19(30)28-22(32-18)26-11-13-4-6-16(24)15(23)9-13/h4-10H,3,11H2,1-2H3,(H,25,27,29)(H,26,28,30)/b18-10-. The van der Waals surface area contributed by atoms with Crippen molar-refractivity contribution in [2.24, 2.45) is 4.99 Å². The van der Waals surface area contributed by atoms with Gasteiger partial charge in [-0.2, -0.15) is 9.98 Å². The monoisotopic (exact) mass is 471 g/mol. The van der Waals surface area contributed by atoms with Crippen molar-refractivity contribution >= 4 is 57.4 Å². The summed E-state index contributed by atoms with van der Waals surface area (Å²) >= 11 is 7.05. The summed E-state index contributed by atoms with van der Waals surface area (Å²) in [6.45, 7) is 2.72. The first-order chi connectivity index (χ1) is 15.5. The number of hydrogen-bond acceptors (Lipinski definition) is 7. The molecule has 4 rings (SSSR count). The second-order valence-electron chi connectivity index (χ2n) is 6.75. The second kappa shape index (κ2) is 9.54. The Bertz CT molecular complexity index is 1260. The van der Waals surface area contributed by atoms with E-state index >= 15 is 0 Å². The molecule has 0 saturated heterocycles. The Balaban J connectivity index is 1.52. The Morgan fingerprint density at radius 1 is 1.22 bits per heavy atom. The molecule has 0 radical (unpaired) electrons. The van der Waals surface area contributed by atoms with Gasteiger partial charge in [0.25, 0.3) is 5.91 Å². The van der Waals surface area contributed by atoms with Crippen LogP contribution in [-0.4, -0.2) is 34.7 Å². The van der Waals surface area contributed by atoms with Crippen LogP contribution < -0.4 is 15.4 Å². The van der Waals surface area contributed by atoms with E-state index in [9.17, 15) is 9.18 Å². The number of aliphatic imine (C=N–C) groups is 1. The van der Waals surface area contributed by atoms with Crippen molar-refractivity contribution < 1.29 is 13.9 Å². The summed E-state index contributed by atoms with van der Waals surface area (Å²) in [7, 11) is 1.74. The van der Waals surface area contributed by atoms with Crippen molar-refractivity contribution in [3.63, 3.8) is 0 Å². The Hall–Kier alpha value is -3.17. The third-order valence-corrected chi connectivity index (χ3v) is 5.77. The van der Waals surface area contributed by atoms with Gasteiger partial charge in [-0.3, -0.25) is 4.79 Å². The Kier molecular flexibility index (Phi) is 6.57. The van der Waals surface area contributed by atoms with E-state index in [0.717, 1.165) is 22.0 Å². The molecule has 164 valence electrons. The first-order valence-corrected chi connectivity index (χ1v) is 11.0. The molecule has 3 aromatic rings. The van der Waals surface area contributed by atoms with Crippen molar-refractivity contribution in [2.45, 2.75) is 13.5 Å². The molecule has 1 amide bonds. The van der Waals surface area contributed by atoms with Gasteiger partial charge in [0.15, 0.2) is 5.17 Å². The van der Waals surface area contributed by atoms with Crippen molar-refractivity contribution in [1.29, 1.82) is 0 Å². The first-order valence-electron chi connectivity index (χ1n) is 9.79. The molecule has 2 N–H and O–H groups in total. The molecular weight excluding hydrogens is 453 g/mol. The van der Waals surface area contributed by atoms with Crippen LogP contribution in [0.4, 0.5) is 10.3 Å². The fourth-order valence-corrected chi connectivity index (χ4v) is 4.04. The van der Waals surface area contributed by atoms with Gasteiger partial charge in [0.2, 0.25) is 11.8 Å². The maximum absolute atomic E-state index is 13.3. The van der Waals surface area contributed by atoms with Crippen molar-refractivity contribution in [3.8, 4) is 5.88 Å². The summed E-state index contributed by atoms with van der Waals surface area (Å²) < 4.78 is 19.0. The number of thioether (sulfide) groups is 1. The SMILES string of the molecule is CCOc1nc(NC)nc2ccc(/C=C3\SC(NCc4ccc(F)c(Cl)c4)=NC3=O)cc12. The molecule has 1 aromatic heterocycles. The molecule has 0 bridgehead atoms. The number of benzene rings is 2. The van der Waals surface area contributed by atoms with Gasteiger partial charge in [-0.1, -0.05) is 23.7 Å². The smallest absolute Gasteiger partial charge is 0.286 e. The third kappa shape index (κ3) is 4.84. The molecule has 10 heteroatoms. The third-order valence-electron chi connectivity index (χ3n) is 4.54. The van der Waals surface area contributed by atoms with E-state index in [1.807, 2.05) is 25.1 Å². The molecule has 1 aliphatic heterocycles. The van der Waals surface area contributed by atoms with Crippen LogP contribution in [0.25, 0.3) is 17.0 Å². The molecule has 7 nitrogen and oxygen atoms in total. The number of ether oxygens (including phenoxy) is 1. The molecule has 0 atom stereocenters. The number of nitrogens with zero attached hydrogens (tertiary/aromatic N) is 3. The highest BCUT2D eigenvalue weighted by molar-refractivity contribution is 8.18. The number of fused-ring (bicyclic) bond motifs is 1. The number of nitrogens with one attached hydrogen (secondary N) is 2. The largest absolute Gasteiger partial charge is 0.477 e. The average Bonchev–Trinajstić information content (AvgIpc) is 3.14. The summed E-state index contributed by atoms with van der Waals surface area (Å²) in [5.74, 6) is 0.143. The number of hydrogen-bond donors (Lipinski definition) is 2. The lowest BCUT2D eigenvalue weighted by molar-refractivity contribution is -0.113. The normalized spacial score (nSPS) is 14.7. The zero-order chi connectivity index (χ0) is 22.7. The number of anilines is 1. The quantitative estimate of drug-likeness (QED) is 0.507. The van der Waals surface area contributed by atoms with Crippen molar-refractivity contribution in [2.75, 3.05) is 19.0 Å². The fourth-order valence-electron chi connectivity index (χ4n) is 3.03. The molecular formula is C22H19ClFN5O2S.